The number of allylic oxidation sites excluding steroid dienone is 1. The summed E-state index contributed by atoms with van der Waals surface area (Å²) in [5, 5.41) is 8.42. The molecule has 11 rings (SSSR count). The van der Waals surface area contributed by atoms with Gasteiger partial charge in [0.2, 0.25) is 11.8 Å². The Morgan fingerprint density at radius 2 is 1.56 bits per heavy atom. The van der Waals surface area contributed by atoms with Crippen molar-refractivity contribution in [3.63, 3.8) is 0 Å². The van der Waals surface area contributed by atoms with Gasteiger partial charge < -0.3 is 20.4 Å². The highest BCUT2D eigenvalue weighted by Crippen LogP contribution is 2.79. The van der Waals surface area contributed by atoms with Crippen LogP contribution in [0.4, 0.5) is 30.2 Å². The van der Waals surface area contributed by atoms with Crippen LogP contribution in [-0.4, -0.2) is 144 Å². The molecule has 2 saturated heterocycles. The van der Waals surface area contributed by atoms with Crippen LogP contribution in [0.1, 0.15) is 129 Å². The first-order valence-electron chi connectivity index (χ1n) is 29.3. The Kier molecular flexibility index (Phi) is 17.8. The molecule has 3 aliphatic heterocycles. The third kappa shape index (κ3) is 13.2. The van der Waals surface area contributed by atoms with Gasteiger partial charge in [-0.2, -0.15) is 13.2 Å². The van der Waals surface area contributed by atoms with Crippen LogP contribution >= 0.6 is 11.8 Å². The van der Waals surface area contributed by atoms with Crippen LogP contribution in [0.25, 0.3) is 0 Å². The number of alkyl halides is 3. The van der Waals surface area contributed by atoms with Crippen LogP contribution < -0.4 is 25.6 Å². The molecular formula is C62H75F3N8O9S3. The van der Waals surface area contributed by atoms with Crippen molar-refractivity contribution in [2.75, 3.05) is 80.7 Å². The fourth-order valence-electron chi connectivity index (χ4n) is 13.4. The summed E-state index contributed by atoms with van der Waals surface area (Å²) in [6.45, 7) is 12.8. The van der Waals surface area contributed by atoms with Crippen molar-refractivity contribution in [1.29, 1.82) is 0 Å². The molecule has 3 heterocycles. The lowest BCUT2D eigenvalue weighted by Crippen LogP contribution is -2.63. The molecule has 7 aliphatic rings. The van der Waals surface area contributed by atoms with Gasteiger partial charge in [0.05, 0.1) is 21.7 Å². The summed E-state index contributed by atoms with van der Waals surface area (Å²) in [6, 6.07) is 21.1. The maximum atomic E-state index is 14.5. The van der Waals surface area contributed by atoms with E-state index in [2.05, 4.69) is 46.5 Å². The highest BCUT2D eigenvalue weighted by atomic mass is 32.2. The van der Waals surface area contributed by atoms with Gasteiger partial charge in [-0.3, -0.25) is 39.1 Å². The van der Waals surface area contributed by atoms with Gasteiger partial charge >= 0.3 is 5.51 Å². The van der Waals surface area contributed by atoms with Gasteiger partial charge in [0.15, 0.2) is 0 Å². The van der Waals surface area contributed by atoms with E-state index in [-0.39, 0.29) is 35.3 Å². The Morgan fingerprint density at radius 1 is 0.847 bits per heavy atom. The molecule has 5 amide bonds. The molecule has 23 heteroatoms. The molecule has 4 aromatic rings. The van der Waals surface area contributed by atoms with Crippen LogP contribution in [-0.2, 0) is 29.4 Å². The summed E-state index contributed by atoms with van der Waals surface area (Å²) in [5.74, 6) is -3.17. The fourth-order valence-corrected chi connectivity index (χ4v) is 16.4. The van der Waals surface area contributed by atoms with E-state index < -0.39 is 82.5 Å². The Balaban J connectivity index is 0.749. The number of hydrogen-bond donors (Lipinski definition) is 4. The van der Waals surface area contributed by atoms with Crippen LogP contribution in [0, 0.1) is 16.2 Å². The molecule has 85 heavy (non-hydrogen) atoms. The van der Waals surface area contributed by atoms with Crippen LogP contribution in [0.3, 0.4) is 0 Å². The monoisotopic (exact) mass is 1230 g/mol. The van der Waals surface area contributed by atoms with Crippen molar-refractivity contribution in [1.82, 2.24) is 24.7 Å². The number of piperidine rings is 1. The molecule has 2 atom stereocenters. The number of unbranched alkanes of at least 4 members (excludes halogenated alkanes) is 1. The quantitative estimate of drug-likeness (QED) is 0.0223. The van der Waals surface area contributed by atoms with Crippen molar-refractivity contribution < 1.29 is 54.0 Å². The van der Waals surface area contributed by atoms with Gasteiger partial charge in [0.1, 0.15) is 10.9 Å². The topological polar surface area (TPSA) is 215 Å². The van der Waals surface area contributed by atoms with Gasteiger partial charge in [0.25, 0.3) is 37.6 Å². The average molecular weight is 1230 g/mol. The summed E-state index contributed by atoms with van der Waals surface area (Å²) in [4.78, 5) is 71.0. The number of carbonyl (C=O) groups excluding carboxylic acids is 5. The summed E-state index contributed by atoms with van der Waals surface area (Å²) >= 11 is 1.40. The zero-order valence-corrected chi connectivity index (χ0v) is 50.9. The largest absolute Gasteiger partial charge is 0.501 e. The van der Waals surface area contributed by atoms with Crippen molar-refractivity contribution >= 4 is 78.2 Å². The minimum atomic E-state index is -6.15. The SMILES string of the molecule is CCC12CC(C3=C(CN4CCN(c5ccc(C(=O)NS(=O)(=O)c6ccc(N[C@H](CCN(C)CCCCNc7cccc8c7C(=O)N(C7CCC(=O)NC7=O)C8=O)CSc7ccccc7)c(S(=O)(=O)C(F)(F)F)c6)cc5)CC4)CCC(C)(C)C3)(C1)C2. The third-order valence-electron chi connectivity index (χ3n) is 18.2. The number of anilines is 3. The number of amides is 5. The first kappa shape index (κ1) is 61.8. The van der Waals surface area contributed by atoms with E-state index in [9.17, 15) is 54.0 Å². The molecule has 4 aliphatic carbocycles. The second-order valence-electron chi connectivity index (χ2n) is 24.8. The minimum Gasteiger partial charge on any atom is -0.384 e. The minimum absolute atomic E-state index is 0.000185. The average Bonchev–Trinajstić information content (AvgIpc) is 1.13. The number of piperazine rings is 1. The Labute approximate surface area is 500 Å². The molecule has 4 aromatic carbocycles. The Morgan fingerprint density at radius 3 is 2.25 bits per heavy atom. The predicted octanol–water partition coefficient (Wildman–Crippen LogP) is 9.50. The van der Waals surface area contributed by atoms with E-state index in [1.807, 2.05) is 47.0 Å². The van der Waals surface area contributed by atoms with E-state index >= 15 is 0 Å². The molecule has 0 aromatic heterocycles. The van der Waals surface area contributed by atoms with E-state index in [1.54, 1.807) is 35.4 Å². The number of thioether (sulfide) groups is 1. The maximum absolute atomic E-state index is 14.5. The van der Waals surface area contributed by atoms with Crippen molar-refractivity contribution in [2.24, 2.45) is 16.2 Å². The molecule has 456 valence electrons. The van der Waals surface area contributed by atoms with E-state index in [0.29, 0.717) is 66.9 Å². The number of carbonyl (C=O) groups is 5. The summed E-state index contributed by atoms with van der Waals surface area (Å²) in [7, 11) is -9.20. The number of halogens is 3. The number of hydrogen-bond acceptors (Lipinski definition) is 15. The van der Waals surface area contributed by atoms with Gasteiger partial charge in [0, 0.05) is 79.3 Å². The predicted molar refractivity (Wildman–Crippen MR) is 321 cm³/mol. The van der Waals surface area contributed by atoms with Gasteiger partial charge in [-0.25, -0.2) is 21.6 Å². The number of sulfone groups is 1. The lowest BCUT2D eigenvalue weighted by Gasteiger charge is -2.73. The van der Waals surface area contributed by atoms with Gasteiger partial charge in [-0.05, 0) is 167 Å². The highest BCUT2D eigenvalue weighted by Gasteiger charge is 2.68. The fraction of sp³-hybridized carbons (Fsp3) is 0.500. The summed E-state index contributed by atoms with van der Waals surface area (Å²) < 4.78 is 99.6. The third-order valence-corrected chi connectivity index (χ3v) is 22.3. The number of rotatable bonds is 24. The molecule has 4 N–H and O–H groups in total. The first-order chi connectivity index (χ1) is 40.3. The molecule has 2 bridgehead atoms. The van der Waals surface area contributed by atoms with Crippen molar-refractivity contribution in [3.8, 4) is 0 Å². The number of nitrogens with zero attached hydrogens (tertiary/aromatic N) is 4. The summed E-state index contributed by atoms with van der Waals surface area (Å²) in [6.07, 6.45) is 10.5. The van der Waals surface area contributed by atoms with Crippen molar-refractivity contribution in [2.45, 2.75) is 130 Å². The smallest absolute Gasteiger partial charge is 0.384 e. The number of benzene rings is 4. The van der Waals surface area contributed by atoms with Gasteiger partial charge in [-0.15, -0.1) is 11.8 Å². The highest BCUT2D eigenvalue weighted by molar-refractivity contribution is 7.99. The van der Waals surface area contributed by atoms with Crippen LogP contribution in [0.15, 0.2) is 117 Å². The number of nitrogens with one attached hydrogen (secondary N) is 4. The van der Waals surface area contributed by atoms with Crippen LogP contribution in [0.5, 0.6) is 0 Å². The van der Waals surface area contributed by atoms with Crippen molar-refractivity contribution in [3.05, 3.63) is 119 Å². The summed E-state index contributed by atoms with van der Waals surface area (Å²) in [5.41, 5.74) is 0.0177. The van der Waals surface area contributed by atoms with E-state index in [1.165, 1.54) is 68.5 Å². The standard InChI is InChI=1S/C62H75F3N8O9S3/c1-5-60-38-61(39-60,40-60)48-35-59(2,3)26-24-42(48)36-71-30-32-72(33-31-71)44-18-16-41(17-19-44)55(75)69-85(81,82)46-20-21-49(52(34-46)84(79,80)62(63,64)65)67-43(37-83-45-12-7-6-8-13-45)25-29-70(4)28-10-9-27-66-50-15-11-14-47-54(50)58(78)73(57(47)77)51-22-23-53(74)68-56(51)76/h6-8,11-21,34,43,51,66-67H,5,9-10,22-33,35-40H2,1-4H3,(H,69,75)(H,68,74,76)/t43-,51?,60?,61?/m1/s1. The molecule has 1 unspecified atom stereocenters. The van der Waals surface area contributed by atoms with E-state index in [4.69, 9.17) is 0 Å². The van der Waals surface area contributed by atoms with E-state index in [0.717, 1.165) is 66.8 Å². The van der Waals surface area contributed by atoms with Gasteiger partial charge in [-0.1, -0.05) is 62.6 Å². The molecular weight excluding hydrogens is 1150 g/mol. The molecule has 0 spiro atoms. The molecule has 5 fully saturated rings. The Bertz CT molecular complexity index is 3480. The lowest BCUT2D eigenvalue weighted by molar-refractivity contribution is -0.182. The number of sulfonamides is 1. The zero-order chi connectivity index (χ0) is 60.7. The molecule has 3 saturated carbocycles. The molecule has 0 radical (unpaired) electrons. The second kappa shape index (κ2) is 24.5. The zero-order valence-electron chi connectivity index (χ0n) is 48.5. The number of fused-ring (bicyclic) bond motifs is 1. The normalized spacial score (nSPS) is 22.8. The lowest BCUT2D eigenvalue weighted by atomic mass is 9.31. The second-order valence-corrected chi connectivity index (χ2v) is 29.5. The first-order valence-corrected chi connectivity index (χ1v) is 33.3. The number of imide groups is 2. The van der Waals surface area contributed by atoms with Crippen LogP contribution in [0.2, 0.25) is 0 Å². The Hall–Kier alpha value is -6.27. The molecule has 17 nitrogen and oxygen atoms in total. The maximum Gasteiger partial charge on any atom is 0.501 e.